The maximum Gasteiger partial charge on any atom is 0.269 e. The Bertz CT molecular complexity index is 789. The summed E-state index contributed by atoms with van der Waals surface area (Å²) in [4.78, 5) is 14.3. The van der Waals surface area contributed by atoms with Crippen LogP contribution in [0.1, 0.15) is 12.0 Å². The van der Waals surface area contributed by atoms with Crippen molar-refractivity contribution in [3.8, 4) is 5.75 Å². The molecule has 2 aromatic rings. The SMILES string of the molecule is O=[N+]([O-])c1ccc(OCCC2COC(c3c(F)cccc3F)=N2)cc1. The van der Waals surface area contributed by atoms with Crippen LogP contribution in [0.25, 0.3) is 0 Å². The van der Waals surface area contributed by atoms with Gasteiger partial charge < -0.3 is 9.47 Å². The molecular weight excluding hydrogens is 334 g/mol. The first kappa shape index (κ1) is 16.8. The molecule has 0 amide bonds. The molecule has 0 aromatic heterocycles. The highest BCUT2D eigenvalue weighted by molar-refractivity contribution is 5.95. The number of rotatable bonds is 6. The molecule has 0 radical (unpaired) electrons. The quantitative estimate of drug-likeness (QED) is 0.592. The summed E-state index contributed by atoms with van der Waals surface area (Å²) in [5.74, 6) is -0.993. The van der Waals surface area contributed by atoms with Gasteiger partial charge in [0.15, 0.2) is 0 Å². The molecule has 0 saturated carbocycles. The average molecular weight is 348 g/mol. The Morgan fingerprint density at radius 3 is 2.52 bits per heavy atom. The molecule has 1 aliphatic rings. The van der Waals surface area contributed by atoms with E-state index in [1.807, 2.05) is 0 Å². The first-order valence-corrected chi connectivity index (χ1v) is 7.57. The molecule has 2 aromatic carbocycles. The zero-order valence-electron chi connectivity index (χ0n) is 13.0. The van der Waals surface area contributed by atoms with E-state index in [0.29, 0.717) is 18.8 Å². The predicted molar refractivity (Wildman–Crippen MR) is 85.8 cm³/mol. The van der Waals surface area contributed by atoms with Gasteiger partial charge in [0.2, 0.25) is 5.90 Å². The van der Waals surface area contributed by atoms with Crippen LogP contribution in [0.3, 0.4) is 0 Å². The second-order valence-electron chi connectivity index (χ2n) is 5.38. The molecule has 1 heterocycles. The van der Waals surface area contributed by atoms with E-state index >= 15 is 0 Å². The highest BCUT2D eigenvalue weighted by atomic mass is 19.1. The third kappa shape index (κ3) is 3.90. The van der Waals surface area contributed by atoms with Crippen LogP contribution in [0.4, 0.5) is 14.5 Å². The second kappa shape index (κ2) is 7.25. The Morgan fingerprint density at radius 2 is 1.88 bits per heavy atom. The minimum atomic E-state index is -0.721. The number of benzene rings is 2. The van der Waals surface area contributed by atoms with E-state index in [-0.39, 0.29) is 29.8 Å². The van der Waals surface area contributed by atoms with Gasteiger partial charge in [0.05, 0.1) is 17.6 Å². The lowest BCUT2D eigenvalue weighted by Gasteiger charge is -2.07. The summed E-state index contributed by atoms with van der Waals surface area (Å²) in [6.45, 7) is 0.509. The fraction of sp³-hybridized carbons (Fsp3) is 0.235. The average Bonchev–Trinajstić information content (AvgIpc) is 3.03. The van der Waals surface area contributed by atoms with Crippen LogP contribution >= 0.6 is 0 Å². The van der Waals surface area contributed by atoms with Crippen LogP contribution in [0.2, 0.25) is 0 Å². The number of hydrogen-bond donors (Lipinski definition) is 0. The van der Waals surface area contributed by atoms with E-state index in [4.69, 9.17) is 9.47 Å². The van der Waals surface area contributed by atoms with Gasteiger partial charge in [0.25, 0.3) is 5.69 Å². The zero-order chi connectivity index (χ0) is 17.8. The number of nitrogens with zero attached hydrogens (tertiary/aromatic N) is 2. The van der Waals surface area contributed by atoms with Gasteiger partial charge in [-0.1, -0.05) is 6.07 Å². The topological polar surface area (TPSA) is 74.0 Å². The third-order valence-electron chi connectivity index (χ3n) is 3.66. The zero-order valence-corrected chi connectivity index (χ0v) is 13.0. The maximum atomic E-state index is 13.7. The first-order valence-electron chi connectivity index (χ1n) is 7.57. The monoisotopic (exact) mass is 348 g/mol. The summed E-state index contributed by atoms with van der Waals surface area (Å²) in [7, 11) is 0. The molecule has 130 valence electrons. The molecule has 0 fully saturated rings. The van der Waals surface area contributed by atoms with Crippen molar-refractivity contribution in [3.05, 3.63) is 69.8 Å². The van der Waals surface area contributed by atoms with Crippen LogP contribution in [-0.2, 0) is 4.74 Å². The predicted octanol–water partition coefficient (Wildman–Crippen LogP) is 3.49. The van der Waals surface area contributed by atoms with E-state index in [2.05, 4.69) is 4.99 Å². The van der Waals surface area contributed by atoms with Gasteiger partial charge in [-0.05, 0) is 24.3 Å². The van der Waals surface area contributed by atoms with Crippen molar-refractivity contribution in [1.82, 2.24) is 0 Å². The second-order valence-corrected chi connectivity index (χ2v) is 5.38. The van der Waals surface area contributed by atoms with E-state index in [0.717, 1.165) is 12.1 Å². The van der Waals surface area contributed by atoms with Crippen molar-refractivity contribution in [3.63, 3.8) is 0 Å². The fourth-order valence-electron chi connectivity index (χ4n) is 2.38. The van der Waals surface area contributed by atoms with E-state index in [1.54, 1.807) is 0 Å². The Morgan fingerprint density at radius 1 is 1.20 bits per heavy atom. The molecule has 0 aliphatic carbocycles. The summed E-state index contributed by atoms with van der Waals surface area (Å²) < 4.78 is 38.2. The largest absolute Gasteiger partial charge is 0.494 e. The molecule has 0 bridgehead atoms. The Labute approximate surface area is 141 Å². The van der Waals surface area contributed by atoms with E-state index < -0.39 is 16.6 Å². The number of halogens is 2. The van der Waals surface area contributed by atoms with Gasteiger partial charge in [-0.3, -0.25) is 10.1 Å². The molecule has 6 nitrogen and oxygen atoms in total. The standard InChI is InChI=1S/C17H14F2N2O4/c18-14-2-1-3-15(19)16(14)17-20-11(10-25-17)8-9-24-13-6-4-12(5-7-13)21(22)23/h1-7,11H,8-10H2. The lowest BCUT2D eigenvalue weighted by Crippen LogP contribution is -2.11. The normalized spacial score (nSPS) is 16.2. The van der Waals surface area contributed by atoms with Crippen molar-refractivity contribution in [1.29, 1.82) is 0 Å². The van der Waals surface area contributed by atoms with Crippen molar-refractivity contribution in [2.45, 2.75) is 12.5 Å². The molecule has 25 heavy (non-hydrogen) atoms. The Balaban J connectivity index is 1.56. The molecule has 1 unspecified atom stereocenters. The van der Waals surface area contributed by atoms with Gasteiger partial charge in [-0.2, -0.15) is 0 Å². The van der Waals surface area contributed by atoms with Gasteiger partial charge in [-0.15, -0.1) is 0 Å². The maximum absolute atomic E-state index is 13.7. The molecule has 1 aliphatic heterocycles. The van der Waals surface area contributed by atoms with Gasteiger partial charge >= 0.3 is 0 Å². The Kier molecular flexibility index (Phi) is 4.87. The number of nitro benzene ring substituents is 1. The number of ether oxygens (including phenoxy) is 2. The van der Waals surface area contributed by atoms with Gasteiger partial charge in [0, 0.05) is 18.6 Å². The van der Waals surface area contributed by atoms with Crippen LogP contribution in [0.5, 0.6) is 5.75 Å². The lowest BCUT2D eigenvalue weighted by molar-refractivity contribution is -0.384. The summed E-state index contributed by atoms with van der Waals surface area (Å²) in [6.07, 6.45) is 0.483. The number of hydrogen-bond acceptors (Lipinski definition) is 5. The molecule has 3 rings (SSSR count). The molecule has 0 N–H and O–H groups in total. The molecule has 0 saturated heterocycles. The summed E-state index contributed by atoms with van der Waals surface area (Å²) in [5.41, 5.74) is -0.279. The smallest absolute Gasteiger partial charge is 0.269 e. The molecule has 1 atom stereocenters. The number of nitro groups is 1. The Hall–Kier alpha value is -3.03. The first-order chi connectivity index (χ1) is 12.0. The molecular formula is C17H14F2N2O4. The third-order valence-corrected chi connectivity index (χ3v) is 3.66. The van der Waals surface area contributed by atoms with Crippen molar-refractivity contribution in [2.24, 2.45) is 4.99 Å². The lowest BCUT2D eigenvalue weighted by atomic mass is 10.2. The van der Waals surface area contributed by atoms with Gasteiger partial charge in [-0.25, -0.2) is 13.8 Å². The van der Waals surface area contributed by atoms with Crippen molar-refractivity contribution in [2.75, 3.05) is 13.2 Å². The highest BCUT2D eigenvalue weighted by Gasteiger charge is 2.25. The van der Waals surface area contributed by atoms with Crippen LogP contribution in [0, 0.1) is 21.7 Å². The summed E-state index contributed by atoms with van der Waals surface area (Å²) in [6, 6.07) is 9.02. The van der Waals surface area contributed by atoms with Crippen LogP contribution < -0.4 is 4.74 Å². The molecule has 0 spiro atoms. The summed E-state index contributed by atoms with van der Waals surface area (Å²) >= 11 is 0. The van der Waals surface area contributed by atoms with E-state index in [9.17, 15) is 18.9 Å². The minimum Gasteiger partial charge on any atom is -0.494 e. The van der Waals surface area contributed by atoms with Crippen LogP contribution in [0.15, 0.2) is 47.5 Å². The van der Waals surface area contributed by atoms with E-state index in [1.165, 1.54) is 30.3 Å². The van der Waals surface area contributed by atoms with Gasteiger partial charge in [0.1, 0.15) is 29.6 Å². The van der Waals surface area contributed by atoms with Crippen LogP contribution in [-0.4, -0.2) is 30.1 Å². The number of non-ortho nitro benzene ring substituents is 1. The fourth-order valence-corrected chi connectivity index (χ4v) is 2.38. The minimum absolute atomic E-state index is 0.0160. The summed E-state index contributed by atoms with van der Waals surface area (Å²) in [5, 5.41) is 10.6. The highest BCUT2D eigenvalue weighted by Crippen LogP contribution is 2.21. The van der Waals surface area contributed by atoms with Crippen molar-refractivity contribution < 1.29 is 23.2 Å². The van der Waals surface area contributed by atoms with Crippen molar-refractivity contribution >= 4 is 11.6 Å². The number of aliphatic imine (C=N–C) groups is 1. The molecule has 8 heteroatoms.